The van der Waals surface area contributed by atoms with Crippen LogP contribution in [-0.2, 0) is 17.4 Å². The summed E-state index contributed by atoms with van der Waals surface area (Å²) in [5.41, 5.74) is 0.0197. The minimum atomic E-state index is -4.39. The molecule has 8 heteroatoms. The number of carbonyl (C=O) groups is 1. The van der Waals surface area contributed by atoms with Gasteiger partial charge in [0.25, 0.3) is 0 Å². The number of rotatable bonds is 8. The molecule has 1 amide bonds. The maximum atomic E-state index is 12.4. The third kappa shape index (κ3) is 5.94. The van der Waals surface area contributed by atoms with Crippen molar-refractivity contribution in [1.82, 2.24) is 10.3 Å². The number of alkyl halides is 3. The number of methoxy groups -OCH3 is 1. The van der Waals surface area contributed by atoms with Gasteiger partial charge in [-0.15, -0.1) is 0 Å². The molecule has 140 valence electrons. The normalized spacial score (nSPS) is 11.1. The van der Waals surface area contributed by atoms with E-state index in [2.05, 4.69) is 15.6 Å². The van der Waals surface area contributed by atoms with Crippen LogP contribution in [0, 0.1) is 0 Å². The number of hydrogen-bond acceptors (Lipinski definition) is 4. The van der Waals surface area contributed by atoms with Gasteiger partial charge in [0.2, 0.25) is 5.91 Å². The van der Waals surface area contributed by atoms with Gasteiger partial charge in [-0.05, 0) is 24.6 Å². The summed E-state index contributed by atoms with van der Waals surface area (Å²) in [5.74, 6) is 0.901. The summed E-state index contributed by atoms with van der Waals surface area (Å²) >= 11 is 0. The quantitative estimate of drug-likeness (QED) is 0.703. The molecule has 2 aromatic rings. The molecule has 0 aliphatic carbocycles. The van der Waals surface area contributed by atoms with E-state index in [4.69, 9.17) is 4.74 Å². The van der Waals surface area contributed by atoms with Crippen molar-refractivity contribution in [2.24, 2.45) is 0 Å². The van der Waals surface area contributed by atoms with E-state index in [0.29, 0.717) is 31.1 Å². The van der Waals surface area contributed by atoms with Gasteiger partial charge in [-0.1, -0.05) is 18.2 Å². The number of amides is 1. The molecule has 26 heavy (non-hydrogen) atoms. The molecule has 2 N–H and O–H groups in total. The molecule has 0 bridgehead atoms. The molecular formula is C18H20F3N3O2. The van der Waals surface area contributed by atoms with Crippen molar-refractivity contribution in [3.05, 3.63) is 53.7 Å². The molecule has 2 rings (SSSR count). The van der Waals surface area contributed by atoms with Crippen LogP contribution >= 0.6 is 0 Å². The second-order valence-corrected chi connectivity index (χ2v) is 5.55. The molecule has 0 saturated carbocycles. The van der Waals surface area contributed by atoms with E-state index < -0.39 is 11.7 Å². The second kappa shape index (κ2) is 9.07. The lowest BCUT2D eigenvalue weighted by atomic mass is 10.1. The summed E-state index contributed by atoms with van der Waals surface area (Å²) in [6, 6.07) is 9.56. The van der Waals surface area contributed by atoms with Gasteiger partial charge in [-0.3, -0.25) is 4.79 Å². The fourth-order valence-corrected chi connectivity index (χ4v) is 2.28. The Morgan fingerprint density at radius 2 is 1.92 bits per heavy atom. The average Bonchev–Trinajstić information content (AvgIpc) is 2.61. The molecule has 0 fully saturated rings. The number of pyridine rings is 1. The number of anilines is 1. The highest BCUT2D eigenvalue weighted by atomic mass is 19.4. The number of hydrogen-bond donors (Lipinski definition) is 2. The molecule has 1 aromatic carbocycles. The van der Waals surface area contributed by atoms with E-state index >= 15 is 0 Å². The van der Waals surface area contributed by atoms with Crippen LogP contribution in [0.4, 0.5) is 19.0 Å². The zero-order chi connectivity index (χ0) is 19.0. The fourth-order valence-electron chi connectivity index (χ4n) is 2.28. The van der Waals surface area contributed by atoms with Crippen molar-refractivity contribution in [3.8, 4) is 5.75 Å². The maximum absolute atomic E-state index is 12.4. The zero-order valence-corrected chi connectivity index (χ0v) is 14.3. The van der Waals surface area contributed by atoms with Gasteiger partial charge in [-0.25, -0.2) is 4.98 Å². The van der Waals surface area contributed by atoms with Crippen molar-refractivity contribution < 1.29 is 22.7 Å². The molecule has 0 saturated heterocycles. The van der Waals surface area contributed by atoms with Crippen LogP contribution < -0.4 is 15.4 Å². The highest BCUT2D eigenvalue weighted by Crippen LogP contribution is 2.28. The predicted octanol–water partition coefficient (Wildman–Crippen LogP) is 3.27. The largest absolute Gasteiger partial charge is 0.496 e. The third-order valence-corrected chi connectivity index (χ3v) is 3.62. The Kier molecular flexibility index (Phi) is 6.82. The van der Waals surface area contributed by atoms with Gasteiger partial charge in [0, 0.05) is 24.8 Å². The van der Waals surface area contributed by atoms with Gasteiger partial charge in [-0.2, -0.15) is 13.2 Å². The van der Waals surface area contributed by atoms with Crippen LogP contribution in [0.5, 0.6) is 5.75 Å². The molecule has 1 aromatic heterocycles. The Hall–Kier alpha value is -2.77. The third-order valence-electron chi connectivity index (χ3n) is 3.62. The topological polar surface area (TPSA) is 63.2 Å². The molecule has 0 radical (unpaired) electrons. The number of nitrogens with zero attached hydrogens (tertiary/aromatic N) is 1. The van der Waals surface area contributed by atoms with Gasteiger partial charge in [0.05, 0.1) is 19.1 Å². The lowest BCUT2D eigenvalue weighted by molar-refractivity contribution is -0.137. The molecule has 0 unspecified atom stereocenters. The maximum Gasteiger partial charge on any atom is 0.417 e. The van der Waals surface area contributed by atoms with E-state index in [1.165, 1.54) is 6.07 Å². The van der Waals surface area contributed by atoms with Gasteiger partial charge >= 0.3 is 6.18 Å². The van der Waals surface area contributed by atoms with Crippen molar-refractivity contribution in [3.63, 3.8) is 0 Å². The first-order valence-corrected chi connectivity index (χ1v) is 8.06. The van der Waals surface area contributed by atoms with Crippen molar-refractivity contribution >= 4 is 11.7 Å². The van der Waals surface area contributed by atoms with Crippen LogP contribution in [0.2, 0.25) is 0 Å². The molecule has 1 heterocycles. The SMILES string of the molecule is COc1ccccc1CC(=O)NCCCNc1ccc(C(F)(F)F)cn1. The highest BCUT2D eigenvalue weighted by molar-refractivity contribution is 5.79. The summed E-state index contributed by atoms with van der Waals surface area (Å²) in [7, 11) is 1.55. The number of benzene rings is 1. The van der Waals surface area contributed by atoms with Crippen LogP contribution in [0.3, 0.4) is 0 Å². The van der Waals surface area contributed by atoms with E-state index in [1.54, 1.807) is 13.2 Å². The Labute approximate surface area is 149 Å². The van der Waals surface area contributed by atoms with Crippen LogP contribution in [0.1, 0.15) is 17.5 Å². The van der Waals surface area contributed by atoms with Crippen molar-refractivity contribution in [2.75, 3.05) is 25.5 Å². The van der Waals surface area contributed by atoms with Crippen molar-refractivity contribution in [1.29, 1.82) is 0 Å². The highest BCUT2D eigenvalue weighted by Gasteiger charge is 2.30. The minimum Gasteiger partial charge on any atom is -0.496 e. The summed E-state index contributed by atoms with van der Waals surface area (Å²) in [4.78, 5) is 15.7. The summed E-state index contributed by atoms with van der Waals surface area (Å²) in [5, 5.41) is 5.71. The first-order chi connectivity index (χ1) is 12.4. The van der Waals surface area contributed by atoms with E-state index in [-0.39, 0.29) is 12.3 Å². The van der Waals surface area contributed by atoms with Crippen LogP contribution in [-0.4, -0.2) is 31.1 Å². The van der Waals surface area contributed by atoms with Gasteiger partial charge in [0.15, 0.2) is 0 Å². The molecule has 0 aliphatic heterocycles. The fraction of sp³-hybridized carbons (Fsp3) is 0.333. The number of halogens is 3. The van der Waals surface area contributed by atoms with Crippen LogP contribution in [0.25, 0.3) is 0 Å². The molecule has 0 atom stereocenters. The standard InChI is InChI=1S/C18H20F3N3O2/c1-26-15-6-3-2-5-13(15)11-17(25)23-10-4-9-22-16-8-7-14(12-24-16)18(19,20)21/h2-3,5-8,12H,4,9-11H2,1H3,(H,22,24)(H,23,25). The van der Waals surface area contributed by atoms with E-state index in [0.717, 1.165) is 17.8 Å². The first kappa shape index (κ1) is 19.6. The molecule has 0 aliphatic rings. The van der Waals surface area contributed by atoms with E-state index in [1.807, 2.05) is 18.2 Å². The second-order valence-electron chi connectivity index (χ2n) is 5.55. The number of aromatic nitrogens is 1. The monoisotopic (exact) mass is 367 g/mol. The molecule has 5 nitrogen and oxygen atoms in total. The first-order valence-electron chi connectivity index (χ1n) is 8.06. The zero-order valence-electron chi connectivity index (χ0n) is 14.3. The summed E-state index contributed by atoms with van der Waals surface area (Å²) in [6.07, 6.45) is -2.77. The summed E-state index contributed by atoms with van der Waals surface area (Å²) < 4.78 is 42.5. The number of nitrogens with one attached hydrogen (secondary N) is 2. The Morgan fingerprint density at radius 1 is 1.15 bits per heavy atom. The predicted molar refractivity (Wildman–Crippen MR) is 92.1 cm³/mol. The van der Waals surface area contributed by atoms with Crippen molar-refractivity contribution in [2.45, 2.75) is 19.0 Å². The summed E-state index contributed by atoms with van der Waals surface area (Å²) in [6.45, 7) is 0.926. The average molecular weight is 367 g/mol. The molecular weight excluding hydrogens is 347 g/mol. The lowest BCUT2D eigenvalue weighted by Crippen LogP contribution is -2.27. The number of ether oxygens (including phenoxy) is 1. The number of para-hydroxylation sites is 1. The number of carbonyl (C=O) groups excluding carboxylic acids is 1. The Morgan fingerprint density at radius 3 is 2.58 bits per heavy atom. The smallest absolute Gasteiger partial charge is 0.417 e. The van der Waals surface area contributed by atoms with Gasteiger partial charge in [0.1, 0.15) is 11.6 Å². The Balaban J connectivity index is 1.68. The lowest BCUT2D eigenvalue weighted by Gasteiger charge is -2.10. The van der Waals surface area contributed by atoms with Gasteiger partial charge < -0.3 is 15.4 Å². The molecule has 0 spiro atoms. The Bertz CT molecular complexity index is 718. The minimum absolute atomic E-state index is 0.123. The van der Waals surface area contributed by atoms with Crippen LogP contribution in [0.15, 0.2) is 42.6 Å². The van der Waals surface area contributed by atoms with E-state index in [9.17, 15) is 18.0 Å².